The van der Waals surface area contributed by atoms with Crippen molar-refractivity contribution in [2.75, 3.05) is 5.32 Å². The van der Waals surface area contributed by atoms with E-state index in [1.165, 1.54) is 29.1 Å². The number of amides is 1. The Bertz CT molecular complexity index is 690. The first kappa shape index (κ1) is 13.2. The first-order valence-electron chi connectivity index (χ1n) is 5.22. The molecule has 0 unspecified atom stereocenters. The molecule has 0 saturated carbocycles. The van der Waals surface area contributed by atoms with Crippen LogP contribution in [0.5, 0.6) is 0 Å². The van der Waals surface area contributed by atoms with Gasteiger partial charge in [-0.05, 0) is 28.1 Å². The van der Waals surface area contributed by atoms with Crippen LogP contribution in [0, 0.1) is 17.1 Å². The van der Waals surface area contributed by atoms with E-state index in [2.05, 4.69) is 26.3 Å². The van der Waals surface area contributed by atoms with Gasteiger partial charge in [-0.1, -0.05) is 6.07 Å². The molecule has 1 N–H and O–H groups in total. The molecule has 2 rings (SSSR count). The maximum absolute atomic E-state index is 13.3. The van der Waals surface area contributed by atoms with Crippen LogP contribution in [0.4, 0.5) is 10.2 Å². The highest BCUT2D eigenvalue weighted by Gasteiger charge is 2.16. The predicted molar refractivity (Wildman–Crippen MR) is 70.0 cm³/mol. The molecule has 0 aliphatic carbocycles. The summed E-state index contributed by atoms with van der Waals surface area (Å²) in [7, 11) is 1.59. The van der Waals surface area contributed by atoms with Crippen molar-refractivity contribution in [2.45, 2.75) is 0 Å². The number of nitrogens with one attached hydrogen (secondary N) is 1. The molecule has 0 aliphatic heterocycles. The van der Waals surface area contributed by atoms with Crippen LogP contribution in [0.2, 0.25) is 0 Å². The largest absolute Gasteiger partial charge is 0.306 e. The Morgan fingerprint density at radius 3 is 3.00 bits per heavy atom. The molecule has 1 heterocycles. The van der Waals surface area contributed by atoms with Crippen molar-refractivity contribution < 1.29 is 9.18 Å². The fourth-order valence-corrected chi connectivity index (χ4v) is 1.97. The van der Waals surface area contributed by atoms with Gasteiger partial charge < -0.3 is 5.32 Å². The average Bonchev–Trinajstić information content (AvgIpc) is 2.74. The molecule has 0 atom stereocenters. The molecular weight excluding hydrogens is 315 g/mol. The third kappa shape index (κ3) is 2.48. The minimum absolute atomic E-state index is 0.0770. The van der Waals surface area contributed by atoms with E-state index in [1.807, 2.05) is 6.07 Å². The third-order valence-electron chi connectivity index (χ3n) is 2.49. The van der Waals surface area contributed by atoms with Crippen molar-refractivity contribution in [3.63, 3.8) is 0 Å². The molecule has 0 fully saturated rings. The minimum Gasteiger partial charge on any atom is -0.306 e. The molecule has 0 spiro atoms. The van der Waals surface area contributed by atoms with E-state index in [9.17, 15) is 9.18 Å². The zero-order valence-electron chi connectivity index (χ0n) is 9.82. The summed E-state index contributed by atoms with van der Waals surface area (Å²) in [5.74, 6) is -0.784. The number of carbonyl (C=O) groups is 1. The monoisotopic (exact) mass is 322 g/mol. The number of halogens is 2. The van der Waals surface area contributed by atoms with Crippen LogP contribution in [-0.2, 0) is 7.05 Å². The average molecular weight is 323 g/mol. The van der Waals surface area contributed by atoms with Gasteiger partial charge in [-0.25, -0.2) is 4.39 Å². The Kier molecular flexibility index (Phi) is 3.62. The predicted octanol–water partition coefficient (Wildman–Crippen LogP) is 2.45. The first-order valence-corrected chi connectivity index (χ1v) is 6.01. The number of hydrogen-bond donors (Lipinski definition) is 1. The zero-order chi connectivity index (χ0) is 14.0. The van der Waals surface area contributed by atoms with Gasteiger partial charge in [0.05, 0.1) is 16.2 Å². The Labute approximate surface area is 116 Å². The lowest BCUT2D eigenvalue weighted by atomic mass is 10.2. The van der Waals surface area contributed by atoms with Crippen molar-refractivity contribution >= 4 is 27.7 Å². The summed E-state index contributed by atoms with van der Waals surface area (Å²) in [6, 6.07) is 6.07. The van der Waals surface area contributed by atoms with Crippen molar-refractivity contribution in [2.24, 2.45) is 7.05 Å². The molecule has 0 bridgehead atoms. The number of rotatable bonds is 2. The fourth-order valence-electron chi connectivity index (χ4n) is 1.52. The van der Waals surface area contributed by atoms with E-state index in [-0.39, 0.29) is 21.4 Å². The summed E-state index contributed by atoms with van der Waals surface area (Å²) in [6.07, 6.45) is 1.34. The van der Waals surface area contributed by atoms with Crippen LogP contribution in [0.3, 0.4) is 0 Å². The van der Waals surface area contributed by atoms with Crippen molar-refractivity contribution in [3.05, 3.63) is 45.8 Å². The summed E-state index contributed by atoms with van der Waals surface area (Å²) in [5.41, 5.74) is 0.383. The number of anilines is 1. The van der Waals surface area contributed by atoms with E-state index < -0.39 is 11.7 Å². The Morgan fingerprint density at radius 1 is 1.58 bits per heavy atom. The first-order chi connectivity index (χ1) is 9.04. The zero-order valence-corrected chi connectivity index (χ0v) is 11.4. The van der Waals surface area contributed by atoms with Gasteiger partial charge in [-0.3, -0.25) is 9.48 Å². The summed E-state index contributed by atoms with van der Waals surface area (Å²) in [5, 5.41) is 15.3. The second kappa shape index (κ2) is 5.20. The molecule has 1 amide bonds. The topological polar surface area (TPSA) is 70.7 Å². The van der Waals surface area contributed by atoms with Crippen LogP contribution < -0.4 is 5.32 Å². The van der Waals surface area contributed by atoms with Crippen LogP contribution in [-0.4, -0.2) is 15.7 Å². The Hall–Kier alpha value is -2.20. The number of carbonyl (C=O) groups excluding carboxylic acids is 1. The lowest BCUT2D eigenvalue weighted by Gasteiger charge is -2.07. The van der Waals surface area contributed by atoms with Gasteiger partial charge in [0.15, 0.2) is 0 Å². The molecule has 2 aromatic rings. The second-order valence-electron chi connectivity index (χ2n) is 3.70. The molecule has 7 heteroatoms. The number of aryl methyl sites for hydroxylation is 1. The summed E-state index contributed by atoms with van der Waals surface area (Å²) >= 11 is 3.02. The number of nitriles is 1. The standard InChI is InChI=1S/C12H8BrFN4O/c1-18-11(7(5-15)6-16-18)17-12(19)8-3-2-4-9(14)10(8)13/h2-4,6H,1H3,(H,17,19). The summed E-state index contributed by atoms with van der Waals surface area (Å²) < 4.78 is 14.8. The highest BCUT2D eigenvalue weighted by molar-refractivity contribution is 9.10. The summed E-state index contributed by atoms with van der Waals surface area (Å²) in [4.78, 5) is 12.0. The molecule has 1 aromatic carbocycles. The lowest BCUT2D eigenvalue weighted by molar-refractivity contribution is 0.102. The molecule has 0 saturated heterocycles. The van der Waals surface area contributed by atoms with Gasteiger partial charge in [-0.2, -0.15) is 10.4 Å². The molecule has 5 nitrogen and oxygen atoms in total. The normalized spacial score (nSPS) is 10.0. The van der Waals surface area contributed by atoms with Crippen LogP contribution >= 0.6 is 15.9 Å². The molecule has 19 heavy (non-hydrogen) atoms. The van der Waals surface area contributed by atoms with Crippen molar-refractivity contribution in [1.29, 1.82) is 5.26 Å². The molecule has 1 aromatic heterocycles. The SMILES string of the molecule is Cn1ncc(C#N)c1NC(=O)c1cccc(F)c1Br. The van der Waals surface area contributed by atoms with Crippen LogP contribution in [0.15, 0.2) is 28.9 Å². The number of nitrogens with zero attached hydrogens (tertiary/aromatic N) is 3. The van der Waals surface area contributed by atoms with Crippen molar-refractivity contribution in [1.82, 2.24) is 9.78 Å². The van der Waals surface area contributed by atoms with E-state index in [1.54, 1.807) is 7.05 Å². The lowest BCUT2D eigenvalue weighted by Crippen LogP contribution is -2.16. The molecule has 0 radical (unpaired) electrons. The number of hydrogen-bond acceptors (Lipinski definition) is 3. The second-order valence-corrected chi connectivity index (χ2v) is 4.49. The van der Waals surface area contributed by atoms with Crippen LogP contribution in [0.1, 0.15) is 15.9 Å². The van der Waals surface area contributed by atoms with Crippen molar-refractivity contribution in [3.8, 4) is 6.07 Å². The van der Waals surface area contributed by atoms with E-state index in [4.69, 9.17) is 5.26 Å². The minimum atomic E-state index is -0.529. The number of benzene rings is 1. The molecule has 0 aliphatic rings. The number of aromatic nitrogens is 2. The summed E-state index contributed by atoms with van der Waals surface area (Å²) in [6.45, 7) is 0. The van der Waals surface area contributed by atoms with Gasteiger partial charge >= 0.3 is 0 Å². The highest BCUT2D eigenvalue weighted by atomic mass is 79.9. The maximum Gasteiger partial charge on any atom is 0.258 e. The smallest absolute Gasteiger partial charge is 0.258 e. The highest BCUT2D eigenvalue weighted by Crippen LogP contribution is 2.22. The quantitative estimate of drug-likeness (QED) is 0.923. The fraction of sp³-hybridized carbons (Fsp3) is 0.0833. The van der Waals surface area contributed by atoms with Gasteiger partial charge in [0.25, 0.3) is 5.91 Å². The van der Waals surface area contributed by atoms with Gasteiger partial charge in [0.2, 0.25) is 0 Å². The van der Waals surface area contributed by atoms with Gasteiger partial charge in [-0.15, -0.1) is 0 Å². The van der Waals surface area contributed by atoms with Gasteiger partial charge in [0.1, 0.15) is 23.3 Å². The third-order valence-corrected chi connectivity index (χ3v) is 3.29. The maximum atomic E-state index is 13.3. The Balaban J connectivity index is 2.34. The van der Waals surface area contributed by atoms with E-state index in [0.29, 0.717) is 0 Å². The van der Waals surface area contributed by atoms with Crippen LogP contribution in [0.25, 0.3) is 0 Å². The van der Waals surface area contributed by atoms with Gasteiger partial charge in [0, 0.05) is 7.05 Å². The Morgan fingerprint density at radius 2 is 2.32 bits per heavy atom. The van der Waals surface area contributed by atoms with E-state index >= 15 is 0 Å². The molecular formula is C12H8BrFN4O. The van der Waals surface area contributed by atoms with E-state index in [0.717, 1.165) is 0 Å². The molecule has 96 valence electrons.